The molecule has 0 spiro atoms. The summed E-state index contributed by atoms with van der Waals surface area (Å²) in [5.41, 5.74) is 0. The maximum Gasteiger partial charge on any atom is 0.352 e. The number of ether oxygens (including phenoxy) is 2. The molecule has 0 saturated carbocycles. The Balaban J connectivity index is 2.00. The summed E-state index contributed by atoms with van der Waals surface area (Å²) in [5, 5.41) is 0.845. The molecule has 6 heteroatoms. The third-order valence-electron chi connectivity index (χ3n) is 2.56. The third-order valence-corrected chi connectivity index (χ3v) is 3.81. The lowest BCUT2D eigenvalue weighted by molar-refractivity contribution is -0.141. The summed E-state index contributed by atoms with van der Waals surface area (Å²) in [6.45, 7) is 1.60. The normalized spacial score (nSPS) is 11.8. The number of benzene rings is 2. The van der Waals surface area contributed by atoms with Crippen molar-refractivity contribution in [3.63, 3.8) is 0 Å². The largest absolute Gasteiger partial charge is 0.477 e. The van der Waals surface area contributed by atoms with Gasteiger partial charge in [-0.25, -0.2) is 4.79 Å². The van der Waals surface area contributed by atoms with E-state index in [2.05, 4.69) is 22.6 Å². The van der Waals surface area contributed by atoms with Gasteiger partial charge in [-0.15, -0.1) is 0 Å². The Bertz CT molecular complexity index is 644. The first-order valence-corrected chi connectivity index (χ1v) is 7.88. The van der Waals surface area contributed by atoms with Gasteiger partial charge in [0.05, 0.1) is 5.02 Å². The average molecular weight is 437 g/mol. The number of halogens is 3. The van der Waals surface area contributed by atoms with E-state index < -0.39 is 12.1 Å². The average Bonchev–Trinajstić information content (AvgIpc) is 2.44. The topological polar surface area (TPSA) is 35.5 Å². The number of hydrogen-bond donors (Lipinski definition) is 0. The molecule has 0 aromatic heterocycles. The second-order valence-corrected chi connectivity index (χ2v) is 6.30. The lowest BCUT2D eigenvalue weighted by atomic mass is 10.3. The van der Waals surface area contributed by atoms with Crippen LogP contribution in [0.4, 0.5) is 0 Å². The molecule has 110 valence electrons. The second kappa shape index (κ2) is 7.33. The smallest absolute Gasteiger partial charge is 0.352 e. The van der Waals surface area contributed by atoms with Crippen molar-refractivity contribution in [3.8, 4) is 11.5 Å². The van der Waals surface area contributed by atoms with Crippen molar-refractivity contribution in [2.24, 2.45) is 0 Å². The molecule has 3 nitrogen and oxygen atoms in total. The molecule has 0 bridgehead atoms. The molecule has 0 aliphatic rings. The Kier molecular flexibility index (Phi) is 5.72. The van der Waals surface area contributed by atoms with Crippen LogP contribution in [0.5, 0.6) is 11.5 Å². The van der Waals surface area contributed by atoms with Crippen molar-refractivity contribution in [3.05, 3.63) is 56.1 Å². The van der Waals surface area contributed by atoms with Gasteiger partial charge < -0.3 is 9.47 Å². The van der Waals surface area contributed by atoms with Gasteiger partial charge in [0.25, 0.3) is 0 Å². The molecule has 0 unspecified atom stereocenters. The minimum absolute atomic E-state index is 0.344. The van der Waals surface area contributed by atoms with Crippen LogP contribution in [0, 0.1) is 3.57 Å². The van der Waals surface area contributed by atoms with Crippen LogP contribution >= 0.6 is 45.8 Å². The summed E-state index contributed by atoms with van der Waals surface area (Å²) >= 11 is 14.0. The van der Waals surface area contributed by atoms with Crippen LogP contribution in [-0.4, -0.2) is 12.1 Å². The number of esters is 1. The minimum atomic E-state index is -0.789. The molecule has 0 fully saturated rings. The van der Waals surface area contributed by atoms with Crippen molar-refractivity contribution in [2.75, 3.05) is 0 Å². The van der Waals surface area contributed by atoms with Crippen LogP contribution in [-0.2, 0) is 4.79 Å². The van der Waals surface area contributed by atoms with Crippen LogP contribution in [0.3, 0.4) is 0 Å². The van der Waals surface area contributed by atoms with Gasteiger partial charge in [-0.1, -0.05) is 23.2 Å². The monoisotopic (exact) mass is 436 g/mol. The molecule has 2 aromatic rings. The maximum absolute atomic E-state index is 12.0. The van der Waals surface area contributed by atoms with Gasteiger partial charge >= 0.3 is 5.97 Å². The second-order valence-electron chi connectivity index (χ2n) is 4.21. The molecule has 0 aliphatic heterocycles. The van der Waals surface area contributed by atoms with Gasteiger partial charge in [-0.05, 0) is 72.0 Å². The van der Waals surface area contributed by atoms with Crippen LogP contribution in [0.1, 0.15) is 6.92 Å². The number of carbonyl (C=O) groups is 1. The predicted octanol–water partition coefficient (Wildman–Crippen LogP) is 4.97. The van der Waals surface area contributed by atoms with E-state index in [1.807, 2.05) is 12.1 Å². The lowest BCUT2D eigenvalue weighted by Gasteiger charge is -2.15. The summed E-state index contributed by atoms with van der Waals surface area (Å²) in [4.78, 5) is 12.0. The van der Waals surface area contributed by atoms with E-state index in [9.17, 15) is 4.79 Å². The first kappa shape index (κ1) is 16.4. The third kappa shape index (κ3) is 4.76. The van der Waals surface area contributed by atoms with E-state index in [1.165, 1.54) is 0 Å². The molecule has 1 atom stereocenters. The Labute approximate surface area is 146 Å². The Hall–Kier alpha value is -0.980. The number of rotatable bonds is 4. The molecule has 0 radical (unpaired) electrons. The van der Waals surface area contributed by atoms with Gasteiger partial charge in [-0.2, -0.15) is 0 Å². The summed E-state index contributed by atoms with van der Waals surface area (Å²) in [6.07, 6.45) is -0.789. The zero-order valence-corrected chi connectivity index (χ0v) is 14.6. The van der Waals surface area contributed by atoms with Gasteiger partial charge in [0.15, 0.2) is 6.10 Å². The highest BCUT2D eigenvalue weighted by Gasteiger charge is 2.18. The van der Waals surface area contributed by atoms with Crippen LogP contribution in [0.15, 0.2) is 42.5 Å². The molecular formula is C15H11Cl2IO3. The van der Waals surface area contributed by atoms with Crippen LogP contribution < -0.4 is 9.47 Å². The van der Waals surface area contributed by atoms with Crippen molar-refractivity contribution < 1.29 is 14.3 Å². The number of hydrogen-bond acceptors (Lipinski definition) is 3. The van der Waals surface area contributed by atoms with Crippen LogP contribution in [0.2, 0.25) is 10.0 Å². The van der Waals surface area contributed by atoms with Crippen molar-refractivity contribution in [1.29, 1.82) is 0 Å². The summed E-state index contributed by atoms with van der Waals surface area (Å²) in [6, 6.07) is 12.0. The molecule has 2 rings (SSSR count). The quantitative estimate of drug-likeness (QED) is 0.385. The van der Waals surface area contributed by atoms with E-state index in [-0.39, 0.29) is 0 Å². The van der Waals surface area contributed by atoms with Gasteiger partial charge in [-0.3, -0.25) is 0 Å². The zero-order chi connectivity index (χ0) is 15.4. The fraction of sp³-hybridized carbons (Fsp3) is 0.133. The molecule has 0 N–H and O–H groups in total. The van der Waals surface area contributed by atoms with Gasteiger partial charge in [0, 0.05) is 8.59 Å². The van der Waals surface area contributed by atoms with Crippen LogP contribution in [0.25, 0.3) is 0 Å². The van der Waals surface area contributed by atoms with Crippen molar-refractivity contribution in [2.45, 2.75) is 13.0 Å². The fourth-order valence-electron chi connectivity index (χ4n) is 1.51. The van der Waals surface area contributed by atoms with Gasteiger partial charge in [0.2, 0.25) is 0 Å². The van der Waals surface area contributed by atoms with Gasteiger partial charge in [0.1, 0.15) is 11.5 Å². The highest BCUT2D eigenvalue weighted by molar-refractivity contribution is 14.1. The van der Waals surface area contributed by atoms with E-state index >= 15 is 0 Å². The van der Waals surface area contributed by atoms with E-state index in [0.717, 1.165) is 3.57 Å². The highest BCUT2D eigenvalue weighted by atomic mass is 127. The summed E-state index contributed by atoms with van der Waals surface area (Å²) < 4.78 is 11.8. The first-order valence-electron chi connectivity index (χ1n) is 6.04. The molecule has 0 amide bonds. The maximum atomic E-state index is 12.0. The first-order chi connectivity index (χ1) is 9.95. The summed E-state index contributed by atoms with van der Waals surface area (Å²) in [5.74, 6) is 0.355. The Morgan fingerprint density at radius 3 is 2.43 bits per heavy atom. The molecular weight excluding hydrogens is 426 g/mol. The standard InChI is InChI=1S/C15H11Cl2IO3/c1-9(20-14-7-2-10(16)8-13(14)17)15(19)21-12-5-3-11(18)4-6-12/h2-9H,1H3/t9-/m1/s1. The van der Waals surface area contributed by atoms with Crippen molar-refractivity contribution >= 4 is 51.8 Å². The Morgan fingerprint density at radius 2 is 1.81 bits per heavy atom. The molecule has 0 aliphatic carbocycles. The summed E-state index contributed by atoms with van der Waals surface area (Å²) in [7, 11) is 0. The minimum Gasteiger partial charge on any atom is -0.477 e. The molecule has 0 saturated heterocycles. The zero-order valence-electron chi connectivity index (χ0n) is 11.0. The lowest BCUT2D eigenvalue weighted by Crippen LogP contribution is -2.28. The SMILES string of the molecule is C[C@@H](Oc1ccc(Cl)cc1Cl)C(=O)Oc1ccc(I)cc1. The van der Waals surface area contributed by atoms with E-state index in [0.29, 0.717) is 21.5 Å². The van der Waals surface area contributed by atoms with E-state index in [1.54, 1.807) is 37.3 Å². The molecule has 0 heterocycles. The fourth-order valence-corrected chi connectivity index (χ4v) is 2.32. The highest BCUT2D eigenvalue weighted by Crippen LogP contribution is 2.28. The van der Waals surface area contributed by atoms with Crippen molar-refractivity contribution in [1.82, 2.24) is 0 Å². The predicted molar refractivity (Wildman–Crippen MR) is 91.3 cm³/mol. The molecule has 21 heavy (non-hydrogen) atoms. The molecule has 2 aromatic carbocycles. The van der Waals surface area contributed by atoms with E-state index in [4.69, 9.17) is 32.7 Å². The Morgan fingerprint density at radius 1 is 1.14 bits per heavy atom. The number of carbonyl (C=O) groups excluding carboxylic acids is 1.